The van der Waals surface area contributed by atoms with Gasteiger partial charge in [0.2, 0.25) is 0 Å². The number of ether oxygens (including phenoxy) is 2. The summed E-state index contributed by atoms with van der Waals surface area (Å²) in [6.07, 6.45) is 1.95. The number of benzene rings is 1. The van der Waals surface area contributed by atoms with E-state index < -0.39 is 17.4 Å². The quantitative estimate of drug-likeness (QED) is 0.594. The van der Waals surface area contributed by atoms with Gasteiger partial charge in [0, 0.05) is 5.92 Å². The molecule has 0 heterocycles. The van der Waals surface area contributed by atoms with Crippen molar-refractivity contribution in [3.63, 3.8) is 0 Å². The summed E-state index contributed by atoms with van der Waals surface area (Å²) >= 11 is 0. The highest BCUT2D eigenvalue weighted by atomic mass is 16.6. The maximum absolute atomic E-state index is 12.7. The van der Waals surface area contributed by atoms with Crippen molar-refractivity contribution in [2.45, 2.75) is 33.1 Å². The Balaban J connectivity index is 2.41. The molecule has 4 nitrogen and oxygen atoms in total. The molecule has 0 amide bonds. The maximum Gasteiger partial charge on any atom is 0.324 e. The molecular weight excluding hydrogens is 292 g/mol. The average Bonchev–Trinajstić information content (AvgIpc) is 3.01. The van der Waals surface area contributed by atoms with Crippen LogP contribution < -0.4 is 0 Å². The van der Waals surface area contributed by atoms with Crippen LogP contribution in [0.4, 0.5) is 0 Å². The van der Waals surface area contributed by atoms with Crippen molar-refractivity contribution >= 4 is 17.5 Å². The Morgan fingerprint density at radius 2 is 1.70 bits per heavy atom. The molecule has 124 valence electrons. The van der Waals surface area contributed by atoms with Crippen molar-refractivity contribution < 1.29 is 19.1 Å². The second-order valence-electron chi connectivity index (χ2n) is 5.75. The van der Waals surface area contributed by atoms with Gasteiger partial charge < -0.3 is 9.47 Å². The molecule has 2 rings (SSSR count). The largest absolute Gasteiger partial charge is 0.465 e. The molecule has 0 spiro atoms. The van der Waals surface area contributed by atoms with Crippen LogP contribution in [0.5, 0.6) is 0 Å². The average molecular weight is 316 g/mol. The number of carbonyl (C=O) groups is 2. The predicted molar refractivity (Wildman–Crippen MR) is 88.5 cm³/mol. The highest BCUT2D eigenvalue weighted by Gasteiger charge is 2.58. The van der Waals surface area contributed by atoms with Gasteiger partial charge in [-0.05, 0) is 37.8 Å². The summed E-state index contributed by atoms with van der Waals surface area (Å²) in [6.45, 7) is 8.14. The molecule has 0 radical (unpaired) electrons. The van der Waals surface area contributed by atoms with E-state index in [0.717, 1.165) is 24.0 Å². The van der Waals surface area contributed by atoms with Crippen molar-refractivity contribution in [2.24, 2.45) is 11.3 Å². The zero-order valence-corrected chi connectivity index (χ0v) is 13.8. The highest BCUT2D eigenvalue weighted by molar-refractivity contribution is 6.03. The molecule has 0 bridgehead atoms. The van der Waals surface area contributed by atoms with Crippen molar-refractivity contribution in [2.75, 3.05) is 13.2 Å². The molecule has 0 aliphatic heterocycles. The lowest BCUT2D eigenvalue weighted by molar-refractivity contribution is -0.173. The van der Waals surface area contributed by atoms with E-state index in [2.05, 4.69) is 6.58 Å². The molecule has 0 aromatic heterocycles. The molecule has 1 aliphatic carbocycles. The first kappa shape index (κ1) is 17.3. The van der Waals surface area contributed by atoms with E-state index >= 15 is 0 Å². The lowest BCUT2D eigenvalue weighted by Gasteiger charge is -2.32. The molecule has 1 aromatic carbocycles. The second kappa shape index (κ2) is 7.44. The van der Waals surface area contributed by atoms with E-state index in [1.54, 1.807) is 13.8 Å². The van der Waals surface area contributed by atoms with Gasteiger partial charge in [-0.25, -0.2) is 0 Å². The van der Waals surface area contributed by atoms with Crippen LogP contribution in [0, 0.1) is 11.3 Å². The van der Waals surface area contributed by atoms with Crippen LogP contribution in [0.15, 0.2) is 36.9 Å². The first-order valence-electron chi connectivity index (χ1n) is 8.16. The number of rotatable bonds is 6. The molecule has 0 N–H and O–H groups in total. The minimum Gasteiger partial charge on any atom is -0.465 e. The molecule has 0 saturated heterocycles. The normalized spacial score (nSPS) is 19.1. The van der Waals surface area contributed by atoms with E-state index in [-0.39, 0.29) is 19.1 Å². The Morgan fingerprint density at radius 3 is 2.22 bits per heavy atom. The first-order chi connectivity index (χ1) is 11.1. The molecule has 4 heteroatoms. The van der Waals surface area contributed by atoms with Gasteiger partial charge in [-0.15, -0.1) is 0 Å². The Kier molecular flexibility index (Phi) is 5.59. The second-order valence-corrected chi connectivity index (χ2v) is 5.75. The molecule has 1 fully saturated rings. The van der Waals surface area contributed by atoms with Gasteiger partial charge in [0.25, 0.3) is 0 Å². The van der Waals surface area contributed by atoms with Gasteiger partial charge in [-0.2, -0.15) is 0 Å². The van der Waals surface area contributed by atoms with E-state index in [1.165, 1.54) is 0 Å². The van der Waals surface area contributed by atoms with Crippen LogP contribution in [-0.2, 0) is 19.1 Å². The fourth-order valence-corrected chi connectivity index (χ4v) is 3.42. The lowest BCUT2D eigenvalue weighted by Crippen LogP contribution is -2.45. The summed E-state index contributed by atoms with van der Waals surface area (Å²) in [4.78, 5) is 25.3. The van der Waals surface area contributed by atoms with E-state index in [9.17, 15) is 9.59 Å². The SMILES string of the molecule is C=C(c1ccccc1)C1CCCC1(C(=O)OCC)C(=O)OCC. The number of hydrogen-bond donors (Lipinski definition) is 0. The molecule has 1 aromatic rings. The van der Waals surface area contributed by atoms with Crippen LogP contribution in [0.25, 0.3) is 5.57 Å². The van der Waals surface area contributed by atoms with Gasteiger partial charge >= 0.3 is 11.9 Å². The number of hydrogen-bond acceptors (Lipinski definition) is 4. The minimum atomic E-state index is -1.26. The fourth-order valence-electron chi connectivity index (χ4n) is 3.42. The van der Waals surface area contributed by atoms with E-state index in [1.807, 2.05) is 30.3 Å². The monoisotopic (exact) mass is 316 g/mol. The fraction of sp³-hybridized carbons (Fsp3) is 0.474. The van der Waals surface area contributed by atoms with Crippen LogP contribution in [0.2, 0.25) is 0 Å². The van der Waals surface area contributed by atoms with Crippen molar-refractivity contribution in [1.29, 1.82) is 0 Å². The lowest BCUT2D eigenvalue weighted by atomic mass is 9.72. The maximum atomic E-state index is 12.7. The van der Waals surface area contributed by atoms with Crippen LogP contribution in [0.3, 0.4) is 0 Å². The topological polar surface area (TPSA) is 52.6 Å². The third-order valence-corrected chi connectivity index (χ3v) is 4.50. The van der Waals surface area contributed by atoms with Crippen molar-refractivity contribution in [3.8, 4) is 0 Å². The summed E-state index contributed by atoms with van der Waals surface area (Å²) < 4.78 is 10.5. The number of allylic oxidation sites excluding steroid dienone is 1. The Labute approximate surface area is 137 Å². The molecular formula is C19H24O4. The Hall–Kier alpha value is -2.10. The highest BCUT2D eigenvalue weighted by Crippen LogP contribution is 2.51. The molecule has 23 heavy (non-hydrogen) atoms. The van der Waals surface area contributed by atoms with Gasteiger partial charge in [0.05, 0.1) is 13.2 Å². The molecule has 1 atom stereocenters. The van der Waals surface area contributed by atoms with E-state index in [0.29, 0.717) is 6.42 Å². The third-order valence-electron chi connectivity index (χ3n) is 4.50. The third kappa shape index (κ3) is 3.16. The van der Waals surface area contributed by atoms with Crippen molar-refractivity contribution in [3.05, 3.63) is 42.5 Å². The van der Waals surface area contributed by atoms with Gasteiger partial charge in [0.15, 0.2) is 5.41 Å². The Morgan fingerprint density at radius 1 is 1.13 bits per heavy atom. The summed E-state index contributed by atoms with van der Waals surface area (Å²) in [5, 5.41) is 0. The molecule has 1 aliphatic rings. The zero-order chi connectivity index (χ0) is 16.9. The zero-order valence-electron chi connectivity index (χ0n) is 13.8. The minimum absolute atomic E-state index is 0.241. The Bertz CT molecular complexity index is 558. The molecule has 1 unspecified atom stereocenters. The number of carbonyl (C=O) groups excluding carboxylic acids is 2. The van der Waals surface area contributed by atoms with Gasteiger partial charge in [-0.1, -0.05) is 43.3 Å². The standard InChI is InChI=1S/C19H24O4/c1-4-22-17(20)19(18(21)23-5-2)13-9-12-16(19)14(3)15-10-7-6-8-11-15/h6-8,10-11,16H,3-5,9,12-13H2,1-2H3. The van der Waals surface area contributed by atoms with Crippen LogP contribution in [0.1, 0.15) is 38.7 Å². The summed E-state index contributed by atoms with van der Waals surface area (Å²) in [6, 6.07) is 9.66. The van der Waals surface area contributed by atoms with Crippen LogP contribution >= 0.6 is 0 Å². The van der Waals surface area contributed by atoms with Gasteiger partial charge in [0.1, 0.15) is 0 Å². The smallest absolute Gasteiger partial charge is 0.324 e. The summed E-state index contributed by atoms with van der Waals surface area (Å²) in [5.74, 6) is -1.26. The van der Waals surface area contributed by atoms with Crippen molar-refractivity contribution in [1.82, 2.24) is 0 Å². The first-order valence-corrected chi connectivity index (χ1v) is 8.16. The summed E-state index contributed by atoms with van der Waals surface area (Å²) in [7, 11) is 0. The van der Waals surface area contributed by atoms with Gasteiger partial charge in [-0.3, -0.25) is 9.59 Å². The summed E-state index contributed by atoms with van der Waals surface area (Å²) in [5.41, 5.74) is 0.473. The van der Waals surface area contributed by atoms with Crippen LogP contribution in [-0.4, -0.2) is 25.2 Å². The number of esters is 2. The van der Waals surface area contributed by atoms with E-state index in [4.69, 9.17) is 9.47 Å². The molecule has 1 saturated carbocycles. The predicted octanol–water partition coefficient (Wildman–Crippen LogP) is 3.61.